The fraction of sp³-hybridized carbons (Fsp3) is 0.316. The zero-order chi connectivity index (χ0) is 16.9. The van der Waals surface area contributed by atoms with Crippen molar-refractivity contribution < 1.29 is 17.9 Å². The first-order chi connectivity index (χ1) is 11.4. The second-order valence-corrected chi connectivity index (χ2v) is 8.49. The van der Waals surface area contributed by atoms with Crippen LogP contribution in [0.15, 0.2) is 47.4 Å². The van der Waals surface area contributed by atoms with Gasteiger partial charge in [-0.1, -0.05) is 19.6 Å². The van der Waals surface area contributed by atoms with E-state index in [1.807, 2.05) is 12.1 Å². The summed E-state index contributed by atoms with van der Waals surface area (Å²) in [7, 11) is -3.67. The highest BCUT2D eigenvalue weighted by molar-refractivity contribution is 7.91. The number of Topliss-reactive ketones (excluding diaryl/α,β-unsaturated/α-hetero) is 1. The molecule has 2 N–H and O–H groups in total. The number of ether oxygens (including phenoxy) is 1. The number of nitrogens with two attached hydrogens (primary N) is 1. The molecule has 0 radical (unpaired) electrons. The van der Waals surface area contributed by atoms with Crippen molar-refractivity contribution in [1.82, 2.24) is 0 Å². The lowest BCUT2D eigenvalue weighted by molar-refractivity contribution is 0.0884. The summed E-state index contributed by atoms with van der Waals surface area (Å²) in [6, 6.07) is 11.9. The minimum absolute atomic E-state index is 0. The summed E-state index contributed by atoms with van der Waals surface area (Å²) in [4.78, 5) is 13.0. The number of carbonyl (C=O) groups excluding carboxylic acids is 1. The van der Waals surface area contributed by atoms with Crippen molar-refractivity contribution in [3.05, 3.63) is 59.2 Å². The van der Waals surface area contributed by atoms with Crippen LogP contribution in [0.1, 0.15) is 35.3 Å². The van der Waals surface area contributed by atoms with Gasteiger partial charge < -0.3 is 10.5 Å². The molecule has 3 heterocycles. The van der Waals surface area contributed by atoms with Crippen molar-refractivity contribution in [3.8, 4) is 5.75 Å². The van der Waals surface area contributed by atoms with Crippen LogP contribution in [0.4, 0.5) is 0 Å². The maximum atomic E-state index is 12.8. The third-order valence-electron chi connectivity index (χ3n) is 4.72. The van der Waals surface area contributed by atoms with Gasteiger partial charge in [0.1, 0.15) is 12.4 Å². The van der Waals surface area contributed by atoms with E-state index in [9.17, 15) is 13.2 Å². The molecule has 1 atom stereocenters. The van der Waals surface area contributed by atoms with Gasteiger partial charge in [0.15, 0.2) is 15.6 Å². The van der Waals surface area contributed by atoms with E-state index < -0.39 is 15.4 Å². The van der Waals surface area contributed by atoms with Crippen LogP contribution in [0.25, 0.3) is 0 Å². The lowest BCUT2D eigenvalue weighted by Crippen LogP contribution is -2.55. The number of benzene rings is 2. The molecule has 3 aliphatic heterocycles. The predicted octanol–water partition coefficient (Wildman–Crippen LogP) is 2.94. The molecule has 5 nitrogen and oxygen atoms in total. The van der Waals surface area contributed by atoms with Gasteiger partial charge in [-0.25, -0.2) is 8.42 Å². The molecule has 26 heavy (non-hydrogen) atoms. The molecule has 1 aliphatic carbocycles. The van der Waals surface area contributed by atoms with Gasteiger partial charge in [0.05, 0.1) is 16.2 Å². The molecule has 0 amide bonds. The zero-order valence-electron chi connectivity index (χ0n) is 13.4. The quantitative estimate of drug-likeness (QED) is 0.741. The Morgan fingerprint density at radius 3 is 2.65 bits per heavy atom. The fourth-order valence-corrected chi connectivity index (χ4v) is 5.12. The lowest BCUT2D eigenvalue weighted by atomic mass is 9.78. The summed E-state index contributed by atoms with van der Waals surface area (Å²) >= 11 is 0. The van der Waals surface area contributed by atoms with Crippen LogP contribution in [0, 0.1) is 0 Å². The summed E-state index contributed by atoms with van der Waals surface area (Å²) in [5, 5.41) is 0. The number of carbonyl (C=O) groups is 1. The van der Waals surface area contributed by atoms with Gasteiger partial charge in [0.2, 0.25) is 0 Å². The first kappa shape index (κ1) is 20.4. The zero-order valence-corrected chi connectivity index (χ0v) is 15.0. The molecule has 0 aromatic heterocycles. The molecule has 6 bridgehead atoms. The van der Waals surface area contributed by atoms with Gasteiger partial charge >= 0.3 is 0 Å². The highest BCUT2D eigenvalue weighted by Gasteiger charge is 2.43. The third kappa shape index (κ3) is 3.37. The largest absolute Gasteiger partial charge is 0.489 e. The first-order valence-electron chi connectivity index (χ1n) is 7.79. The Kier molecular flexibility index (Phi) is 5.52. The molecule has 2 aromatic carbocycles. The Labute approximate surface area is 159 Å². The SMILES string of the molecule is C.Cl.NC12CCc3cc(ccc3C1=O)OCc1cccc(c1)S(=O)(=O)C2. The monoisotopic (exact) mass is 395 g/mol. The molecule has 6 rings (SSSR count). The topological polar surface area (TPSA) is 86.5 Å². The van der Waals surface area contributed by atoms with Crippen LogP contribution in [0.5, 0.6) is 5.75 Å². The Morgan fingerprint density at radius 1 is 1.12 bits per heavy atom. The molecule has 0 saturated heterocycles. The van der Waals surface area contributed by atoms with Crippen molar-refractivity contribution in [1.29, 1.82) is 0 Å². The van der Waals surface area contributed by atoms with Gasteiger partial charge in [-0.2, -0.15) is 0 Å². The van der Waals surface area contributed by atoms with E-state index in [0.717, 1.165) is 11.1 Å². The van der Waals surface area contributed by atoms with E-state index >= 15 is 0 Å². The highest BCUT2D eigenvalue weighted by atomic mass is 35.5. The smallest absolute Gasteiger partial charge is 0.183 e. The molecule has 1 unspecified atom stereocenters. The normalized spacial score (nSPS) is 22.7. The molecule has 2 aromatic rings. The minimum Gasteiger partial charge on any atom is -0.489 e. The number of halogens is 1. The number of hydrogen-bond acceptors (Lipinski definition) is 5. The molecule has 4 aliphatic rings. The third-order valence-corrected chi connectivity index (χ3v) is 6.59. The van der Waals surface area contributed by atoms with Crippen molar-refractivity contribution >= 4 is 28.0 Å². The number of hydrogen-bond donors (Lipinski definition) is 1. The van der Waals surface area contributed by atoms with Gasteiger partial charge in [-0.05, 0) is 54.3 Å². The van der Waals surface area contributed by atoms with Crippen LogP contribution in [0.2, 0.25) is 0 Å². The van der Waals surface area contributed by atoms with Gasteiger partial charge in [0.25, 0.3) is 0 Å². The average molecular weight is 396 g/mol. The maximum absolute atomic E-state index is 12.8. The summed E-state index contributed by atoms with van der Waals surface area (Å²) in [6.45, 7) is 0.268. The Balaban J connectivity index is 0.00000121. The minimum atomic E-state index is -3.67. The number of rotatable bonds is 0. The van der Waals surface area contributed by atoms with Gasteiger partial charge in [0, 0.05) is 5.56 Å². The summed E-state index contributed by atoms with van der Waals surface area (Å²) in [6.07, 6.45) is 0.864. The molecule has 140 valence electrons. The van der Waals surface area contributed by atoms with Crippen molar-refractivity contribution in [2.45, 2.75) is 37.3 Å². The lowest BCUT2D eigenvalue weighted by Gasteiger charge is -2.32. The van der Waals surface area contributed by atoms with Gasteiger partial charge in [-0.3, -0.25) is 4.79 Å². The first-order valence-corrected chi connectivity index (χ1v) is 9.44. The summed E-state index contributed by atoms with van der Waals surface area (Å²) in [5.41, 5.74) is 7.00. The van der Waals surface area contributed by atoms with Crippen molar-refractivity contribution in [3.63, 3.8) is 0 Å². The van der Waals surface area contributed by atoms with E-state index in [-0.39, 0.29) is 42.9 Å². The van der Waals surface area contributed by atoms with Crippen LogP contribution in [-0.4, -0.2) is 25.5 Å². The number of fused-ring (bicyclic) bond motifs is 2. The second kappa shape index (κ2) is 7.02. The Morgan fingerprint density at radius 2 is 1.88 bits per heavy atom. The van der Waals surface area contributed by atoms with Crippen LogP contribution < -0.4 is 10.5 Å². The average Bonchev–Trinajstić information content (AvgIpc) is 2.56. The van der Waals surface area contributed by atoms with E-state index in [4.69, 9.17) is 10.5 Å². The number of aryl methyl sites for hydroxylation is 1. The molecule has 7 heteroatoms. The van der Waals surface area contributed by atoms with Crippen molar-refractivity contribution in [2.24, 2.45) is 5.73 Å². The van der Waals surface area contributed by atoms with E-state index in [1.165, 1.54) is 6.07 Å². The highest BCUT2D eigenvalue weighted by Crippen LogP contribution is 2.33. The molecular weight excluding hydrogens is 374 g/mol. The summed E-state index contributed by atoms with van der Waals surface area (Å²) < 4.78 is 31.3. The van der Waals surface area contributed by atoms with E-state index in [1.54, 1.807) is 24.3 Å². The van der Waals surface area contributed by atoms with Gasteiger partial charge in [-0.15, -0.1) is 12.4 Å². The fourth-order valence-electron chi connectivity index (χ4n) is 3.38. The number of ketones is 1. The second-order valence-electron chi connectivity index (χ2n) is 6.50. The standard InChI is InChI=1S/C18H17NO4S.CH4.ClH/c19-18-7-6-13-9-14(4-5-16(13)17(18)20)23-10-12-2-1-3-15(8-12)24(21,22)11-18;;/h1-5,8-9H,6-7,10-11,19H2;1H4;1H. The van der Waals surface area contributed by atoms with E-state index in [0.29, 0.717) is 24.2 Å². The van der Waals surface area contributed by atoms with Crippen molar-refractivity contribution in [2.75, 3.05) is 5.75 Å². The molecule has 0 fully saturated rings. The molecular formula is C19H22ClNO4S. The predicted molar refractivity (Wildman–Crippen MR) is 103 cm³/mol. The Bertz CT molecular complexity index is 958. The number of sulfone groups is 1. The van der Waals surface area contributed by atoms with Crippen LogP contribution >= 0.6 is 12.4 Å². The Hall–Kier alpha value is -1.89. The molecule has 0 spiro atoms. The molecule has 0 saturated carbocycles. The summed E-state index contributed by atoms with van der Waals surface area (Å²) in [5.74, 6) is -0.0301. The van der Waals surface area contributed by atoms with E-state index in [2.05, 4.69) is 0 Å². The van der Waals surface area contributed by atoms with Crippen LogP contribution in [0.3, 0.4) is 0 Å². The van der Waals surface area contributed by atoms with Crippen LogP contribution in [-0.2, 0) is 22.9 Å². The maximum Gasteiger partial charge on any atom is 0.183 e.